The second-order valence-corrected chi connectivity index (χ2v) is 8.85. The number of halogens is 1. The van der Waals surface area contributed by atoms with Gasteiger partial charge in [0.2, 0.25) is 0 Å². The van der Waals surface area contributed by atoms with Crippen molar-refractivity contribution < 1.29 is 4.79 Å². The fourth-order valence-corrected chi connectivity index (χ4v) is 4.08. The van der Waals surface area contributed by atoms with E-state index in [1.165, 1.54) is 12.1 Å². The van der Waals surface area contributed by atoms with E-state index in [4.69, 9.17) is 0 Å². The Morgan fingerprint density at radius 1 is 0.933 bits per heavy atom. The lowest BCUT2D eigenvalue weighted by atomic mass is 10.0. The highest BCUT2D eigenvalue weighted by molar-refractivity contribution is 9.10. The summed E-state index contributed by atoms with van der Waals surface area (Å²) in [6, 6.07) is 24.6. The van der Waals surface area contributed by atoms with Crippen molar-refractivity contribution >= 4 is 33.2 Å². The van der Waals surface area contributed by atoms with Crippen molar-refractivity contribution in [2.24, 2.45) is 0 Å². The van der Waals surface area contributed by atoms with E-state index >= 15 is 0 Å². The zero-order chi connectivity index (χ0) is 21.1. The van der Waals surface area contributed by atoms with Crippen molar-refractivity contribution in [2.45, 2.75) is 12.5 Å². The first-order valence-corrected chi connectivity index (χ1v) is 11.0. The summed E-state index contributed by atoms with van der Waals surface area (Å²) in [5.41, 5.74) is 4.87. The number of nitrogens with zero attached hydrogens (tertiary/aromatic N) is 2. The minimum Gasteiger partial charge on any atom is -0.370 e. The van der Waals surface area contributed by atoms with Crippen LogP contribution in [0.4, 0.5) is 11.4 Å². The largest absolute Gasteiger partial charge is 0.370 e. The Bertz CT molecular complexity index is 998. The van der Waals surface area contributed by atoms with Crippen LogP contribution in [-0.4, -0.2) is 44.0 Å². The number of hydrogen-bond donors (Lipinski definition) is 1. The number of amides is 1. The molecule has 30 heavy (non-hydrogen) atoms. The third-order valence-corrected chi connectivity index (χ3v) is 6.24. The van der Waals surface area contributed by atoms with Crippen LogP contribution in [0.3, 0.4) is 0 Å². The van der Waals surface area contributed by atoms with E-state index in [0.29, 0.717) is 11.6 Å². The molecule has 5 heteroatoms. The average molecular weight is 464 g/mol. The summed E-state index contributed by atoms with van der Waals surface area (Å²) in [6.07, 6.45) is 1.18. The minimum absolute atomic E-state index is 0.0982. The molecule has 154 valence electrons. The number of hydrogen-bond acceptors (Lipinski definition) is 3. The number of benzene rings is 3. The Morgan fingerprint density at radius 3 is 2.10 bits per heavy atom. The van der Waals surface area contributed by atoms with Gasteiger partial charge in [-0.25, -0.2) is 0 Å². The first-order valence-electron chi connectivity index (χ1n) is 10.2. The smallest absolute Gasteiger partial charge is 0.255 e. The predicted octanol–water partition coefficient (Wildman–Crippen LogP) is 5.51. The molecule has 0 saturated carbocycles. The molecule has 4 nitrogen and oxygen atoms in total. The topological polar surface area (TPSA) is 35.6 Å². The molecule has 1 amide bonds. The number of likely N-dealkylation sites (N-methyl/N-ethyl adjacent to an activating group) is 1. The Hall–Kier alpha value is -2.63. The summed E-state index contributed by atoms with van der Waals surface area (Å²) in [7, 11) is 4.27. The third-order valence-electron chi connectivity index (χ3n) is 5.71. The number of rotatable bonds is 5. The van der Waals surface area contributed by atoms with Gasteiger partial charge in [-0.1, -0.05) is 40.2 Å². The predicted molar refractivity (Wildman–Crippen MR) is 128 cm³/mol. The number of carbonyl (C=O) groups is 1. The molecular weight excluding hydrogens is 438 g/mol. The van der Waals surface area contributed by atoms with Crippen LogP contribution in [0.5, 0.6) is 0 Å². The number of nitrogens with one attached hydrogen (secondary N) is 1. The van der Waals surface area contributed by atoms with Gasteiger partial charge in [-0.05, 0) is 80.2 Å². The van der Waals surface area contributed by atoms with Gasteiger partial charge in [0.15, 0.2) is 0 Å². The molecule has 0 spiro atoms. The lowest BCUT2D eigenvalue weighted by molar-refractivity contribution is 0.102. The van der Waals surface area contributed by atoms with Gasteiger partial charge < -0.3 is 15.1 Å². The molecule has 0 bridgehead atoms. The van der Waals surface area contributed by atoms with E-state index in [2.05, 4.69) is 69.4 Å². The van der Waals surface area contributed by atoms with Crippen molar-refractivity contribution in [3.05, 3.63) is 82.8 Å². The Kier molecular flexibility index (Phi) is 6.21. The van der Waals surface area contributed by atoms with Gasteiger partial charge in [-0.3, -0.25) is 4.79 Å². The fourth-order valence-electron chi connectivity index (χ4n) is 3.81. The summed E-state index contributed by atoms with van der Waals surface area (Å²) in [5.74, 6) is -0.0982. The monoisotopic (exact) mass is 463 g/mol. The van der Waals surface area contributed by atoms with Crippen molar-refractivity contribution in [2.75, 3.05) is 37.4 Å². The van der Waals surface area contributed by atoms with Gasteiger partial charge in [-0.15, -0.1) is 0 Å². The molecule has 0 aliphatic carbocycles. The van der Waals surface area contributed by atoms with Gasteiger partial charge >= 0.3 is 0 Å². The summed E-state index contributed by atoms with van der Waals surface area (Å²) in [6.45, 7) is 2.11. The van der Waals surface area contributed by atoms with E-state index in [1.807, 2.05) is 48.5 Å². The molecule has 1 N–H and O–H groups in total. The molecule has 0 aromatic heterocycles. The minimum atomic E-state index is -0.0982. The molecule has 1 fully saturated rings. The van der Waals surface area contributed by atoms with Crippen molar-refractivity contribution in [3.63, 3.8) is 0 Å². The quantitative estimate of drug-likeness (QED) is 0.541. The van der Waals surface area contributed by atoms with Gasteiger partial charge in [0.1, 0.15) is 0 Å². The average Bonchev–Trinajstić information content (AvgIpc) is 3.26. The van der Waals surface area contributed by atoms with Crippen LogP contribution in [-0.2, 0) is 0 Å². The maximum atomic E-state index is 12.6. The molecule has 1 aliphatic heterocycles. The van der Waals surface area contributed by atoms with Crippen LogP contribution >= 0.6 is 15.9 Å². The molecule has 1 aliphatic rings. The summed E-state index contributed by atoms with van der Waals surface area (Å²) in [4.78, 5) is 17.3. The SMILES string of the molecule is CN(C)C1CCN(c2ccc(NC(=O)c3ccc(-c4ccc(Br)cc4)cc3)cc2)C1. The van der Waals surface area contributed by atoms with E-state index in [9.17, 15) is 4.79 Å². The van der Waals surface area contributed by atoms with Crippen molar-refractivity contribution in [3.8, 4) is 11.1 Å². The molecule has 0 radical (unpaired) electrons. The molecule has 1 saturated heterocycles. The van der Waals surface area contributed by atoms with E-state index in [-0.39, 0.29) is 5.91 Å². The van der Waals surface area contributed by atoms with Gasteiger partial charge in [0.25, 0.3) is 5.91 Å². The van der Waals surface area contributed by atoms with Crippen LogP contribution in [0, 0.1) is 0 Å². The fraction of sp³-hybridized carbons (Fsp3) is 0.240. The summed E-state index contributed by atoms with van der Waals surface area (Å²) < 4.78 is 1.05. The van der Waals surface area contributed by atoms with Gasteiger partial charge in [0.05, 0.1) is 0 Å². The van der Waals surface area contributed by atoms with E-state index in [0.717, 1.165) is 34.4 Å². The van der Waals surface area contributed by atoms with Crippen LogP contribution < -0.4 is 10.2 Å². The molecule has 4 rings (SSSR count). The molecule has 1 heterocycles. The van der Waals surface area contributed by atoms with Gasteiger partial charge in [-0.2, -0.15) is 0 Å². The highest BCUT2D eigenvalue weighted by Crippen LogP contribution is 2.25. The standard InChI is InChI=1S/C25H26BrN3O/c1-28(2)24-15-16-29(17-24)23-13-11-22(12-14-23)27-25(30)20-5-3-18(4-6-20)19-7-9-21(26)10-8-19/h3-14,24H,15-17H2,1-2H3,(H,27,30). The first kappa shape index (κ1) is 20.6. The van der Waals surface area contributed by atoms with E-state index < -0.39 is 0 Å². The van der Waals surface area contributed by atoms with Crippen LogP contribution in [0.2, 0.25) is 0 Å². The molecular formula is C25H26BrN3O. The van der Waals surface area contributed by atoms with Crippen LogP contribution in [0.25, 0.3) is 11.1 Å². The van der Waals surface area contributed by atoms with Crippen LogP contribution in [0.1, 0.15) is 16.8 Å². The zero-order valence-electron chi connectivity index (χ0n) is 17.3. The second kappa shape index (κ2) is 9.02. The number of anilines is 2. The molecule has 1 unspecified atom stereocenters. The van der Waals surface area contributed by atoms with Crippen LogP contribution in [0.15, 0.2) is 77.3 Å². The zero-order valence-corrected chi connectivity index (χ0v) is 18.9. The highest BCUT2D eigenvalue weighted by atomic mass is 79.9. The Morgan fingerprint density at radius 2 is 1.53 bits per heavy atom. The number of carbonyl (C=O) groups excluding carboxylic acids is 1. The third kappa shape index (κ3) is 4.74. The second-order valence-electron chi connectivity index (χ2n) is 7.94. The molecule has 1 atom stereocenters. The van der Waals surface area contributed by atoms with Crippen molar-refractivity contribution in [1.29, 1.82) is 0 Å². The summed E-state index contributed by atoms with van der Waals surface area (Å²) in [5, 5.41) is 3.00. The normalized spacial score (nSPS) is 16.1. The maximum absolute atomic E-state index is 12.6. The Labute approximate surface area is 186 Å². The summed E-state index contributed by atoms with van der Waals surface area (Å²) >= 11 is 3.45. The van der Waals surface area contributed by atoms with Crippen molar-refractivity contribution in [1.82, 2.24) is 4.90 Å². The molecule has 3 aromatic carbocycles. The highest BCUT2D eigenvalue weighted by Gasteiger charge is 2.23. The lowest BCUT2D eigenvalue weighted by Gasteiger charge is -2.22. The maximum Gasteiger partial charge on any atom is 0.255 e. The first-order chi connectivity index (χ1) is 14.5. The molecule has 3 aromatic rings. The Balaban J connectivity index is 1.38. The van der Waals surface area contributed by atoms with Gasteiger partial charge in [0, 0.05) is 40.5 Å². The lowest BCUT2D eigenvalue weighted by Crippen LogP contribution is -2.31. The van der Waals surface area contributed by atoms with E-state index in [1.54, 1.807) is 0 Å².